The number of hydrogen-bond acceptors (Lipinski definition) is 5. The van der Waals surface area contributed by atoms with E-state index in [9.17, 15) is 8.42 Å². The number of nitrogens with zero attached hydrogens (tertiary/aromatic N) is 2. The first-order valence-electron chi connectivity index (χ1n) is 7.20. The first kappa shape index (κ1) is 13.5. The van der Waals surface area contributed by atoms with Gasteiger partial charge < -0.3 is 9.51 Å². The van der Waals surface area contributed by atoms with Gasteiger partial charge in [0.25, 0.3) is 0 Å². The summed E-state index contributed by atoms with van der Waals surface area (Å²) in [4.78, 5) is 7.60. The number of aromatic nitrogens is 3. The van der Waals surface area contributed by atoms with Gasteiger partial charge in [-0.3, -0.25) is 0 Å². The first-order valence-corrected chi connectivity index (χ1v) is 9.02. The van der Waals surface area contributed by atoms with Crippen LogP contribution in [0.4, 0.5) is 0 Å². The average Bonchev–Trinajstić information content (AvgIpc) is 3.17. The van der Waals surface area contributed by atoms with E-state index in [0.717, 1.165) is 16.5 Å². The van der Waals surface area contributed by atoms with E-state index in [1.165, 1.54) is 0 Å². The maximum atomic E-state index is 11.5. The van der Waals surface area contributed by atoms with Crippen molar-refractivity contribution in [2.45, 2.75) is 12.8 Å². The smallest absolute Gasteiger partial charge is 0.227 e. The molecule has 4 rings (SSSR count). The number of para-hydroxylation sites is 1. The molecule has 3 heterocycles. The van der Waals surface area contributed by atoms with Crippen molar-refractivity contribution in [1.29, 1.82) is 0 Å². The minimum atomic E-state index is -2.88. The fourth-order valence-corrected chi connectivity index (χ4v) is 4.85. The molecule has 1 aliphatic rings. The van der Waals surface area contributed by atoms with Gasteiger partial charge in [0.05, 0.1) is 11.5 Å². The summed E-state index contributed by atoms with van der Waals surface area (Å²) in [6.07, 6.45) is 3.06. The number of hydrogen-bond donors (Lipinski definition) is 1. The van der Waals surface area contributed by atoms with Crippen LogP contribution >= 0.6 is 0 Å². The van der Waals surface area contributed by atoms with Crippen LogP contribution in [0.2, 0.25) is 0 Å². The lowest BCUT2D eigenvalue weighted by atomic mass is 10.1. The van der Waals surface area contributed by atoms with Crippen LogP contribution in [0.1, 0.15) is 12.3 Å². The number of benzene rings is 1. The Morgan fingerprint density at radius 1 is 1.32 bits per heavy atom. The van der Waals surface area contributed by atoms with Gasteiger partial charge in [-0.25, -0.2) is 8.42 Å². The van der Waals surface area contributed by atoms with Crippen molar-refractivity contribution in [3.8, 4) is 11.4 Å². The standard InChI is InChI=1S/C15H15N3O3S/c19-22(20)6-5-10(9-22)7-14-17-15(18-21-14)12-8-16-13-4-2-1-3-11(12)13/h1-4,8,10,16H,5-7,9H2/t10-/m1/s1. The van der Waals surface area contributed by atoms with Crippen molar-refractivity contribution < 1.29 is 12.9 Å². The Kier molecular flexibility index (Phi) is 3.04. The SMILES string of the molecule is O=S1(=O)CC[C@H](Cc2nc(-c3c[nH]c4ccccc34)no2)C1. The molecule has 0 radical (unpaired) electrons. The van der Waals surface area contributed by atoms with Crippen LogP contribution in [-0.4, -0.2) is 35.0 Å². The van der Waals surface area contributed by atoms with Crippen molar-refractivity contribution in [3.63, 3.8) is 0 Å². The molecule has 6 nitrogen and oxygen atoms in total. The van der Waals surface area contributed by atoms with Crippen molar-refractivity contribution >= 4 is 20.7 Å². The molecule has 0 saturated carbocycles. The predicted octanol–water partition coefficient (Wildman–Crippen LogP) is 2.20. The lowest BCUT2D eigenvalue weighted by Gasteiger charge is -2.01. The Morgan fingerprint density at radius 3 is 3.00 bits per heavy atom. The summed E-state index contributed by atoms with van der Waals surface area (Å²) in [5.74, 6) is 1.61. The van der Waals surface area contributed by atoms with Crippen LogP contribution in [-0.2, 0) is 16.3 Å². The number of H-pyrrole nitrogens is 1. The molecule has 2 aromatic heterocycles. The normalized spacial score (nSPS) is 20.6. The highest BCUT2D eigenvalue weighted by Gasteiger charge is 2.29. The van der Waals surface area contributed by atoms with E-state index in [0.29, 0.717) is 24.6 Å². The van der Waals surface area contributed by atoms with Gasteiger partial charge in [0.15, 0.2) is 9.84 Å². The largest absolute Gasteiger partial charge is 0.360 e. The molecule has 1 aliphatic heterocycles. The number of sulfone groups is 1. The van der Waals surface area contributed by atoms with Crippen LogP contribution in [0.15, 0.2) is 35.0 Å². The zero-order valence-electron chi connectivity index (χ0n) is 11.8. The molecule has 0 unspecified atom stereocenters. The Balaban J connectivity index is 1.59. The van der Waals surface area contributed by atoms with E-state index in [2.05, 4.69) is 15.1 Å². The van der Waals surface area contributed by atoms with E-state index in [4.69, 9.17) is 4.52 Å². The number of nitrogens with one attached hydrogen (secondary N) is 1. The van der Waals surface area contributed by atoms with E-state index in [-0.39, 0.29) is 17.4 Å². The van der Waals surface area contributed by atoms with Gasteiger partial charge in [-0.15, -0.1) is 0 Å². The van der Waals surface area contributed by atoms with Crippen LogP contribution in [0.25, 0.3) is 22.3 Å². The Bertz CT molecular complexity index is 926. The molecule has 0 spiro atoms. The molecule has 0 bridgehead atoms. The van der Waals surface area contributed by atoms with Gasteiger partial charge in [0, 0.05) is 29.1 Å². The molecule has 1 fully saturated rings. The zero-order valence-corrected chi connectivity index (χ0v) is 12.6. The monoisotopic (exact) mass is 317 g/mol. The van der Waals surface area contributed by atoms with Crippen LogP contribution in [0.5, 0.6) is 0 Å². The molecular formula is C15H15N3O3S. The minimum absolute atomic E-state index is 0.0845. The summed E-state index contributed by atoms with van der Waals surface area (Å²) in [5, 5.41) is 5.07. The number of aromatic amines is 1. The minimum Gasteiger partial charge on any atom is -0.360 e. The summed E-state index contributed by atoms with van der Waals surface area (Å²) < 4.78 is 28.3. The third-order valence-electron chi connectivity index (χ3n) is 4.09. The summed E-state index contributed by atoms with van der Waals surface area (Å²) in [6, 6.07) is 7.92. The van der Waals surface area contributed by atoms with E-state index in [1.807, 2.05) is 30.5 Å². The van der Waals surface area contributed by atoms with E-state index < -0.39 is 9.84 Å². The van der Waals surface area contributed by atoms with Gasteiger partial charge in [0.1, 0.15) is 0 Å². The lowest BCUT2D eigenvalue weighted by molar-refractivity contribution is 0.359. The highest BCUT2D eigenvalue weighted by atomic mass is 32.2. The van der Waals surface area contributed by atoms with Crippen LogP contribution in [0, 0.1) is 5.92 Å². The lowest BCUT2D eigenvalue weighted by Crippen LogP contribution is -2.07. The van der Waals surface area contributed by atoms with Crippen molar-refractivity contribution in [3.05, 3.63) is 36.4 Å². The third kappa shape index (κ3) is 2.41. The van der Waals surface area contributed by atoms with Gasteiger partial charge in [-0.1, -0.05) is 23.4 Å². The summed E-state index contributed by atoms with van der Waals surface area (Å²) in [6.45, 7) is 0. The second-order valence-electron chi connectivity index (χ2n) is 5.73. The van der Waals surface area contributed by atoms with Crippen molar-refractivity contribution in [2.24, 2.45) is 5.92 Å². The molecule has 1 atom stereocenters. The van der Waals surface area contributed by atoms with Gasteiger partial charge in [0.2, 0.25) is 11.7 Å². The molecule has 7 heteroatoms. The Morgan fingerprint density at radius 2 is 2.18 bits per heavy atom. The topological polar surface area (TPSA) is 88.9 Å². The third-order valence-corrected chi connectivity index (χ3v) is 5.93. The molecule has 0 aliphatic carbocycles. The Labute approximate surface area is 127 Å². The number of fused-ring (bicyclic) bond motifs is 1. The highest BCUT2D eigenvalue weighted by molar-refractivity contribution is 7.91. The second-order valence-corrected chi connectivity index (χ2v) is 7.96. The van der Waals surface area contributed by atoms with Gasteiger partial charge >= 0.3 is 0 Å². The van der Waals surface area contributed by atoms with E-state index in [1.54, 1.807) is 0 Å². The quantitative estimate of drug-likeness (QED) is 0.800. The molecule has 22 heavy (non-hydrogen) atoms. The predicted molar refractivity (Wildman–Crippen MR) is 82.1 cm³/mol. The fourth-order valence-electron chi connectivity index (χ4n) is 2.98. The molecule has 114 valence electrons. The Hall–Kier alpha value is -2.15. The maximum Gasteiger partial charge on any atom is 0.227 e. The molecule has 3 aromatic rings. The first-order chi connectivity index (χ1) is 10.6. The molecule has 1 saturated heterocycles. The van der Waals surface area contributed by atoms with E-state index >= 15 is 0 Å². The van der Waals surface area contributed by atoms with Crippen molar-refractivity contribution in [2.75, 3.05) is 11.5 Å². The molecule has 0 amide bonds. The van der Waals surface area contributed by atoms with Crippen molar-refractivity contribution in [1.82, 2.24) is 15.1 Å². The van der Waals surface area contributed by atoms with Gasteiger partial charge in [-0.05, 0) is 18.4 Å². The fraction of sp³-hybridized carbons (Fsp3) is 0.333. The second kappa shape index (κ2) is 4.95. The molecule has 1 aromatic carbocycles. The van der Waals surface area contributed by atoms with Crippen LogP contribution in [0.3, 0.4) is 0 Å². The van der Waals surface area contributed by atoms with Gasteiger partial charge in [-0.2, -0.15) is 4.98 Å². The maximum absolute atomic E-state index is 11.5. The summed E-state index contributed by atoms with van der Waals surface area (Å²) in [7, 11) is -2.88. The molecule has 1 N–H and O–H groups in total. The zero-order chi connectivity index (χ0) is 15.2. The number of rotatable bonds is 3. The molecular weight excluding hydrogens is 302 g/mol. The summed E-state index contributed by atoms with van der Waals surface area (Å²) >= 11 is 0. The summed E-state index contributed by atoms with van der Waals surface area (Å²) in [5.41, 5.74) is 1.91. The highest BCUT2D eigenvalue weighted by Crippen LogP contribution is 2.27. The van der Waals surface area contributed by atoms with Crippen LogP contribution < -0.4 is 0 Å². The average molecular weight is 317 g/mol.